The molecule has 0 radical (unpaired) electrons. The number of fused-ring (bicyclic) bond motifs is 2. The van der Waals surface area contributed by atoms with E-state index in [1.807, 2.05) is 24.3 Å². The molecule has 1 aliphatic carbocycles. The number of methoxy groups -OCH3 is 1. The summed E-state index contributed by atoms with van der Waals surface area (Å²) < 4.78 is 5.62. The molecule has 1 unspecified atom stereocenters. The summed E-state index contributed by atoms with van der Waals surface area (Å²) in [6.07, 6.45) is 5.04. The van der Waals surface area contributed by atoms with E-state index in [4.69, 9.17) is 9.72 Å². The number of aromatic amines is 1. The third-order valence-electron chi connectivity index (χ3n) is 5.49. The number of benzene rings is 1. The van der Waals surface area contributed by atoms with E-state index in [2.05, 4.69) is 45.6 Å². The minimum absolute atomic E-state index is 0. The number of aromatic nitrogens is 5. The van der Waals surface area contributed by atoms with E-state index in [0.717, 1.165) is 59.3 Å². The standard InChI is InChI=1S/C20H15N6O.C4H9N.Y/c1-27-17-7-16-20(18(26-25-16)12-9-22-23-10-12)24-19(17)15-4-2-3-13-11(8-21)5-6-14(13)15;1-3-5-4-2;/h2-4,7,9-11H,5-6H2,1H3,(H-,22,23,25,26);5H,1-4H2;/q-1;-2;+3. The van der Waals surface area contributed by atoms with Gasteiger partial charge in [-0.15, -0.1) is 13.1 Å². The third kappa shape index (κ3) is 5.01. The molecule has 0 amide bonds. The summed E-state index contributed by atoms with van der Waals surface area (Å²) in [5.41, 5.74) is 7.09. The Morgan fingerprint density at radius 2 is 2.12 bits per heavy atom. The molecule has 0 saturated heterocycles. The van der Waals surface area contributed by atoms with Gasteiger partial charge in [-0.3, -0.25) is 5.10 Å². The molecular formula is C24H24N7OY. The van der Waals surface area contributed by atoms with Gasteiger partial charge >= 0.3 is 32.7 Å². The zero-order chi connectivity index (χ0) is 22.5. The van der Waals surface area contributed by atoms with Gasteiger partial charge < -0.3 is 34.1 Å². The molecule has 3 heterocycles. The van der Waals surface area contributed by atoms with Gasteiger partial charge in [0.2, 0.25) is 0 Å². The summed E-state index contributed by atoms with van der Waals surface area (Å²) in [4.78, 5) is 4.90. The molecule has 0 spiro atoms. The van der Waals surface area contributed by atoms with E-state index < -0.39 is 0 Å². The Morgan fingerprint density at radius 3 is 2.76 bits per heavy atom. The number of ether oxygens (including phenoxy) is 1. The normalized spacial score (nSPS) is 14.1. The molecule has 33 heavy (non-hydrogen) atoms. The number of hydrogen-bond acceptors (Lipinski definition) is 6. The second kappa shape index (κ2) is 11.5. The first kappa shape index (κ1) is 25.0. The van der Waals surface area contributed by atoms with Crippen LogP contribution in [-0.4, -0.2) is 40.5 Å². The van der Waals surface area contributed by atoms with Crippen molar-refractivity contribution in [3.05, 3.63) is 61.6 Å². The molecule has 0 fully saturated rings. The van der Waals surface area contributed by atoms with Crippen molar-refractivity contribution in [2.75, 3.05) is 20.2 Å². The van der Waals surface area contributed by atoms with E-state index in [1.54, 1.807) is 19.5 Å². The fraction of sp³-hybridized carbons (Fsp3) is 0.250. The Morgan fingerprint density at radius 1 is 1.30 bits per heavy atom. The van der Waals surface area contributed by atoms with Crippen LogP contribution in [0, 0.1) is 25.2 Å². The molecule has 5 rings (SSSR count). The largest absolute Gasteiger partial charge is 3.00 e. The SMILES string of the molecule is COc1cc2[nH]nc(-c3cn[n-]c3)c2nc1-c1cccc2c1CCC2C#N.[CH2-]CNC[CH2-].[Y+3]. The van der Waals surface area contributed by atoms with Gasteiger partial charge in [-0.25, -0.2) is 4.98 Å². The van der Waals surface area contributed by atoms with E-state index in [0.29, 0.717) is 11.4 Å². The van der Waals surface area contributed by atoms with Crippen molar-refractivity contribution < 1.29 is 37.4 Å². The predicted molar refractivity (Wildman–Crippen MR) is 123 cm³/mol. The van der Waals surface area contributed by atoms with E-state index in [1.165, 1.54) is 5.56 Å². The average Bonchev–Trinajstić information content (AvgIpc) is 3.57. The molecule has 2 N–H and O–H groups in total. The summed E-state index contributed by atoms with van der Waals surface area (Å²) in [5, 5.41) is 27.4. The number of rotatable bonds is 5. The van der Waals surface area contributed by atoms with Crippen molar-refractivity contribution in [3.63, 3.8) is 0 Å². The number of nitriles is 1. The predicted octanol–water partition coefficient (Wildman–Crippen LogP) is 3.45. The second-order valence-corrected chi connectivity index (χ2v) is 7.30. The molecule has 9 heteroatoms. The molecule has 0 saturated carbocycles. The van der Waals surface area contributed by atoms with Crippen LogP contribution in [0.5, 0.6) is 5.75 Å². The van der Waals surface area contributed by atoms with E-state index >= 15 is 0 Å². The number of nitrogens with one attached hydrogen (secondary N) is 2. The number of H-pyrrole nitrogens is 1. The van der Waals surface area contributed by atoms with E-state index in [-0.39, 0.29) is 38.6 Å². The summed E-state index contributed by atoms with van der Waals surface area (Å²) in [6.45, 7) is 8.61. The smallest absolute Gasteiger partial charge is 0.581 e. The fourth-order valence-corrected chi connectivity index (χ4v) is 3.96. The topological polar surface area (TPSA) is 114 Å². The molecule has 1 aliphatic rings. The van der Waals surface area contributed by atoms with Crippen LogP contribution < -0.4 is 15.2 Å². The maximum atomic E-state index is 9.42. The van der Waals surface area contributed by atoms with Crippen LogP contribution in [0.3, 0.4) is 0 Å². The fourth-order valence-electron chi connectivity index (χ4n) is 3.96. The second-order valence-electron chi connectivity index (χ2n) is 7.30. The summed E-state index contributed by atoms with van der Waals surface area (Å²) in [5.74, 6) is 0.617. The third-order valence-corrected chi connectivity index (χ3v) is 5.49. The van der Waals surface area contributed by atoms with Crippen molar-refractivity contribution in [1.29, 1.82) is 5.26 Å². The zero-order valence-corrected chi connectivity index (χ0v) is 21.3. The van der Waals surface area contributed by atoms with Gasteiger partial charge in [-0.2, -0.15) is 16.6 Å². The first-order chi connectivity index (χ1) is 15.7. The molecule has 4 aromatic rings. The molecule has 1 aromatic carbocycles. The van der Waals surface area contributed by atoms with Gasteiger partial charge in [0.05, 0.1) is 24.6 Å². The molecule has 8 nitrogen and oxygen atoms in total. The van der Waals surface area contributed by atoms with Crippen LogP contribution in [0.25, 0.3) is 33.5 Å². The monoisotopic (exact) mass is 515 g/mol. The number of hydrogen-bond donors (Lipinski definition) is 2. The van der Waals surface area contributed by atoms with Gasteiger partial charge in [0.1, 0.15) is 22.7 Å². The van der Waals surface area contributed by atoms with Crippen LogP contribution in [-0.2, 0) is 39.1 Å². The van der Waals surface area contributed by atoms with Crippen LogP contribution in [0.2, 0.25) is 0 Å². The Bertz CT molecular complexity index is 1240. The Kier molecular flexibility index (Phi) is 8.73. The van der Waals surface area contributed by atoms with Crippen molar-refractivity contribution in [3.8, 4) is 34.3 Å². The molecule has 3 aromatic heterocycles. The first-order valence-corrected chi connectivity index (χ1v) is 10.4. The maximum Gasteiger partial charge on any atom is 3.00 e. The molecular weight excluding hydrogens is 491 g/mol. The van der Waals surface area contributed by atoms with Gasteiger partial charge in [0, 0.05) is 17.8 Å². The van der Waals surface area contributed by atoms with Crippen LogP contribution in [0.4, 0.5) is 0 Å². The number of pyridine rings is 1. The van der Waals surface area contributed by atoms with Gasteiger partial charge in [0.25, 0.3) is 0 Å². The van der Waals surface area contributed by atoms with Crippen LogP contribution in [0.15, 0.2) is 36.7 Å². The van der Waals surface area contributed by atoms with Crippen molar-refractivity contribution in [2.45, 2.75) is 18.8 Å². The quantitative estimate of drug-likeness (QED) is 0.392. The average molecular weight is 515 g/mol. The minimum Gasteiger partial charge on any atom is -0.581 e. The first-order valence-electron chi connectivity index (χ1n) is 10.4. The van der Waals surface area contributed by atoms with Crippen molar-refractivity contribution in [1.82, 2.24) is 30.7 Å². The zero-order valence-electron chi connectivity index (χ0n) is 18.5. The number of nitrogens with zero attached hydrogens (tertiary/aromatic N) is 5. The van der Waals surface area contributed by atoms with Gasteiger partial charge in [0.15, 0.2) is 0 Å². The van der Waals surface area contributed by atoms with Crippen molar-refractivity contribution in [2.24, 2.45) is 0 Å². The van der Waals surface area contributed by atoms with Crippen molar-refractivity contribution >= 4 is 11.0 Å². The minimum atomic E-state index is -0.0550. The van der Waals surface area contributed by atoms with Crippen LogP contribution in [0.1, 0.15) is 23.5 Å². The Hall–Kier alpha value is -2.60. The van der Waals surface area contributed by atoms with Crippen LogP contribution >= 0.6 is 0 Å². The Labute approximate surface area is 218 Å². The molecule has 1 atom stereocenters. The van der Waals surface area contributed by atoms with Gasteiger partial charge in [-0.1, -0.05) is 18.2 Å². The molecule has 164 valence electrons. The Balaban J connectivity index is 0.000000465. The molecule has 0 aliphatic heterocycles. The summed E-state index contributed by atoms with van der Waals surface area (Å²) in [6, 6.07) is 10.4. The summed E-state index contributed by atoms with van der Waals surface area (Å²) in [7, 11) is 1.63. The van der Waals surface area contributed by atoms with Gasteiger partial charge in [-0.05, 0) is 29.5 Å². The molecule has 0 bridgehead atoms. The van der Waals surface area contributed by atoms with E-state index in [9.17, 15) is 5.26 Å². The maximum absolute atomic E-state index is 9.42. The summed E-state index contributed by atoms with van der Waals surface area (Å²) >= 11 is 0.